The third-order valence-electron chi connectivity index (χ3n) is 3.70. The van der Waals surface area contributed by atoms with Gasteiger partial charge >= 0.3 is 0 Å². The molecule has 132 valence electrons. The number of carbonyl (C=O) groups is 1. The van der Waals surface area contributed by atoms with Gasteiger partial charge < -0.3 is 19.1 Å². The summed E-state index contributed by atoms with van der Waals surface area (Å²) in [6, 6.07) is 10.9. The summed E-state index contributed by atoms with van der Waals surface area (Å²) < 4.78 is 17.4. The monoisotopic (exact) mass is 406 g/mol. The van der Waals surface area contributed by atoms with Gasteiger partial charge in [-0.05, 0) is 59.3 Å². The molecule has 6 nitrogen and oxygen atoms in total. The lowest BCUT2D eigenvalue weighted by molar-refractivity contribution is -0.142. The fraction of sp³-hybridized carbons (Fsp3) is 0.333. The van der Waals surface area contributed by atoms with Crippen LogP contribution in [-0.4, -0.2) is 48.2 Å². The third-order valence-corrected chi connectivity index (χ3v) is 4.30. The molecule has 1 fully saturated rings. The second-order valence-electron chi connectivity index (χ2n) is 5.52. The molecule has 2 aromatic rings. The molecule has 0 unspecified atom stereocenters. The molecule has 0 atom stereocenters. The van der Waals surface area contributed by atoms with Crippen LogP contribution in [0.3, 0.4) is 0 Å². The van der Waals surface area contributed by atoms with E-state index in [0.717, 1.165) is 10.2 Å². The van der Waals surface area contributed by atoms with Gasteiger partial charge in [0.1, 0.15) is 17.6 Å². The predicted molar refractivity (Wildman–Crippen MR) is 96.0 cm³/mol. The molecule has 1 amide bonds. The van der Waals surface area contributed by atoms with Crippen molar-refractivity contribution in [3.8, 4) is 17.4 Å². The maximum absolute atomic E-state index is 12.1. The second-order valence-corrected chi connectivity index (χ2v) is 6.38. The molecule has 1 aliphatic heterocycles. The first-order valence-corrected chi connectivity index (χ1v) is 8.85. The fourth-order valence-electron chi connectivity index (χ4n) is 2.37. The first-order valence-electron chi connectivity index (χ1n) is 8.06. The Labute approximate surface area is 154 Å². The SMILES string of the molecule is CCOc1ccc(OCC(=O)N2CC(Oc3ncccc3Br)C2)cc1. The van der Waals surface area contributed by atoms with Crippen molar-refractivity contribution in [2.45, 2.75) is 13.0 Å². The number of aromatic nitrogens is 1. The Kier molecular flexibility index (Phi) is 5.75. The molecule has 25 heavy (non-hydrogen) atoms. The summed E-state index contributed by atoms with van der Waals surface area (Å²) in [6.07, 6.45) is 1.63. The van der Waals surface area contributed by atoms with Crippen molar-refractivity contribution in [3.63, 3.8) is 0 Å². The number of rotatable bonds is 7. The number of hydrogen-bond acceptors (Lipinski definition) is 5. The Balaban J connectivity index is 1.41. The molecule has 0 N–H and O–H groups in total. The Bertz CT molecular complexity index is 717. The van der Waals surface area contributed by atoms with Gasteiger partial charge in [-0.25, -0.2) is 4.98 Å². The van der Waals surface area contributed by atoms with Crippen LogP contribution in [0.15, 0.2) is 47.1 Å². The zero-order valence-corrected chi connectivity index (χ0v) is 15.4. The summed E-state index contributed by atoms with van der Waals surface area (Å²) in [5.74, 6) is 1.91. The molecule has 3 rings (SSSR count). The molecule has 0 radical (unpaired) electrons. The molecule has 1 saturated heterocycles. The summed E-state index contributed by atoms with van der Waals surface area (Å²) in [7, 11) is 0. The molecule has 0 aliphatic carbocycles. The first-order chi connectivity index (χ1) is 12.2. The van der Waals surface area contributed by atoms with E-state index in [4.69, 9.17) is 14.2 Å². The molecule has 0 bridgehead atoms. The van der Waals surface area contributed by atoms with Gasteiger partial charge in [0.2, 0.25) is 5.88 Å². The lowest BCUT2D eigenvalue weighted by Gasteiger charge is -2.38. The molecule has 1 aromatic heterocycles. The largest absolute Gasteiger partial charge is 0.494 e. The summed E-state index contributed by atoms with van der Waals surface area (Å²) in [6.45, 7) is 3.63. The maximum atomic E-state index is 12.1. The summed E-state index contributed by atoms with van der Waals surface area (Å²) in [5.41, 5.74) is 0. The Morgan fingerprint density at radius 2 is 1.88 bits per heavy atom. The van der Waals surface area contributed by atoms with Crippen molar-refractivity contribution < 1.29 is 19.0 Å². The van der Waals surface area contributed by atoms with Gasteiger partial charge in [-0.3, -0.25) is 4.79 Å². The average molecular weight is 407 g/mol. The lowest BCUT2D eigenvalue weighted by atomic mass is 10.1. The van der Waals surface area contributed by atoms with Crippen LogP contribution in [0.2, 0.25) is 0 Å². The average Bonchev–Trinajstić information content (AvgIpc) is 2.58. The highest BCUT2D eigenvalue weighted by molar-refractivity contribution is 9.10. The number of ether oxygens (including phenoxy) is 3. The number of pyridine rings is 1. The van der Waals surface area contributed by atoms with E-state index in [0.29, 0.717) is 31.3 Å². The topological polar surface area (TPSA) is 60.9 Å². The van der Waals surface area contributed by atoms with Crippen molar-refractivity contribution in [1.82, 2.24) is 9.88 Å². The second kappa shape index (κ2) is 8.20. The molecule has 2 heterocycles. The van der Waals surface area contributed by atoms with E-state index in [1.807, 2.05) is 31.2 Å². The van der Waals surface area contributed by atoms with Crippen molar-refractivity contribution >= 4 is 21.8 Å². The number of amides is 1. The van der Waals surface area contributed by atoms with Gasteiger partial charge in [0, 0.05) is 6.20 Å². The highest BCUT2D eigenvalue weighted by Gasteiger charge is 2.33. The lowest BCUT2D eigenvalue weighted by Crippen LogP contribution is -2.57. The molecule has 0 saturated carbocycles. The molecule has 0 spiro atoms. The van der Waals surface area contributed by atoms with Gasteiger partial charge in [-0.2, -0.15) is 0 Å². The van der Waals surface area contributed by atoms with E-state index in [9.17, 15) is 4.79 Å². The van der Waals surface area contributed by atoms with Crippen LogP contribution in [0.1, 0.15) is 6.92 Å². The van der Waals surface area contributed by atoms with Gasteiger partial charge in [-0.15, -0.1) is 0 Å². The normalized spacial score (nSPS) is 13.9. The van der Waals surface area contributed by atoms with E-state index in [1.54, 1.807) is 23.2 Å². The number of benzene rings is 1. The minimum absolute atomic E-state index is 0.00792. The van der Waals surface area contributed by atoms with Crippen LogP contribution in [0.25, 0.3) is 0 Å². The number of halogens is 1. The minimum Gasteiger partial charge on any atom is -0.494 e. The molecular formula is C18H19BrN2O4. The van der Waals surface area contributed by atoms with Gasteiger partial charge in [-0.1, -0.05) is 0 Å². The highest BCUT2D eigenvalue weighted by Crippen LogP contribution is 2.24. The van der Waals surface area contributed by atoms with E-state index in [-0.39, 0.29) is 18.6 Å². The molecule has 1 aromatic carbocycles. The van der Waals surface area contributed by atoms with E-state index in [1.165, 1.54) is 0 Å². The maximum Gasteiger partial charge on any atom is 0.260 e. The Morgan fingerprint density at radius 3 is 2.52 bits per heavy atom. The van der Waals surface area contributed by atoms with Crippen LogP contribution in [0, 0.1) is 0 Å². The fourth-order valence-corrected chi connectivity index (χ4v) is 2.72. The smallest absolute Gasteiger partial charge is 0.260 e. The number of nitrogens with zero attached hydrogens (tertiary/aromatic N) is 2. The number of carbonyl (C=O) groups excluding carboxylic acids is 1. The van der Waals surface area contributed by atoms with Crippen molar-refractivity contribution in [2.24, 2.45) is 0 Å². The highest BCUT2D eigenvalue weighted by atomic mass is 79.9. The minimum atomic E-state index is -0.0613. The van der Waals surface area contributed by atoms with Crippen LogP contribution in [0.5, 0.6) is 17.4 Å². The van der Waals surface area contributed by atoms with E-state index >= 15 is 0 Å². The van der Waals surface area contributed by atoms with Gasteiger partial charge in [0.05, 0.1) is 24.2 Å². The standard InChI is InChI=1S/C18H19BrN2O4/c1-2-23-13-5-7-14(8-6-13)24-12-17(22)21-10-15(11-21)25-18-16(19)4-3-9-20-18/h3-9,15H,2,10-12H2,1H3. The number of hydrogen-bond donors (Lipinski definition) is 0. The van der Waals surface area contributed by atoms with Crippen LogP contribution < -0.4 is 14.2 Å². The molecular weight excluding hydrogens is 388 g/mol. The van der Waals surface area contributed by atoms with Crippen molar-refractivity contribution in [1.29, 1.82) is 0 Å². The molecule has 1 aliphatic rings. The third kappa shape index (κ3) is 4.63. The summed E-state index contributed by atoms with van der Waals surface area (Å²) >= 11 is 3.39. The van der Waals surface area contributed by atoms with Crippen molar-refractivity contribution in [2.75, 3.05) is 26.3 Å². The quantitative estimate of drug-likeness (QED) is 0.707. The van der Waals surface area contributed by atoms with Gasteiger partial charge in [0.25, 0.3) is 5.91 Å². The molecule has 7 heteroatoms. The van der Waals surface area contributed by atoms with Crippen LogP contribution in [0.4, 0.5) is 0 Å². The summed E-state index contributed by atoms with van der Waals surface area (Å²) in [5, 5.41) is 0. The van der Waals surface area contributed by atoms with E-state index in [2.05, 4.69) is 20.9 Å². The van der Waals surface area contributed by atoms with Crippen LogP contribution in [-0.2, 0) is 4.79 Å². The van der Waals surface area contributed by atoms with Crippen LogP contribution >= 0.6 is 15.9 Å². The summed E-state index contributed by atoms with van der Waals surface area (Å²) in [4.78, 5) is 18.0. The first kappa shape index (κ1) is 17.5. The van der Waals surface area contributed by atoms with Gasteiger partial charge in [0.15, 0.2) is 6.61 Å². The zero-order chi connectivity index (χ0) is 17.6. The predicted octanol–water partition coefficient (Wildman–Crippen LogP) is 2.91. The number of likely N-dealkylation sites (tertiary alicyclic amines) is 1. The Morgan fingerprint density at radius 1 is 1.20 bits per heavy atom. The zero-order valence-electron chi connectivity index (χ0n) is 13.9. The Hall–Kier alpha value is -2.28. The van der Waals surface area contributed by atoms with E-state index < -0.39 is 0 Å². The van der Waals surface area contributed by atoms with Crippen molar-refractivity contribution in [3.05, 3.63) is 47.1 Å².